The van der Waals surface area contributed by atoms with Crippen LogP contribution in [0.3, 0.4) is 0 Å². The molecule has 0 fully saturated rings. The minimum atomic E-state index is 0.169. The summed E-state index contributed by atoms with van der Waals surface area (Å²) < 4.78 is 0. The van der Waals surface area contributed by atoms with Crippen molar-refractivity contribution in [2.75, 3.05) is 32.4 Å². The monoisotopic (exact) mass is 376 g/mol. The average molecular weight is 376 g/mol. The van der Waals surface area contributed by atoms with Gasteiger partial charge in [0.1, 0.15) is 0 Å². The van der Waals surface area contributed by atoms with E-state index in [9.17, 15) is 0 Å². The normalized spacial score (nSPS) is 11.7. The number of rotatable bonds is 9. The van der Waals surface area contributed by atoms with Crippen LogP contribution in [0.4, 0.5) is 0 Å². The summed E-state index contributed by atoms with van der Waals surface area (Å²) in [5.74, 6) is 2.00. The van der Waals surface area contributed by atoms with Gasteiger partial charge in [0.25, 0.3) is 0 Å². The van der Waals surface area contributed by atoms with Gasteiger partial charge in [-0.15, -0.1) is 9.98 Å². The Morgan fingerprint density at radius 3 is 2.54 bits per heavy atom. The van der Waals surface area contributed by atoms with Crippen molar-refractivity contribution in [2.45, 2.75) is 19.1 Å². The predicted octanol–water partition coefficient (Wildman–Crippen LogP) is 0.167. The van der Waals surface area contributed by atoms with Crippen LogP contribution in [0, 0.1) is 29.8 Å². The zero-order valence-corrected chi connectivity index (χ0v) is 15.8. The molecule has 0 atom stereocenters. The first-order chi connectivity index (χ1) is 12.5. The van der Waals surface area contributed by atoms with Crippen LogP contribution < -0.4 is 11.5 Å². The number of hydrogen-bond acceptors (Lipinski definition) is 6. The fraction of sp³-hybridized carbons (Fsp3) is 0.533. The summed E-state index contributed by atoms with van der Waals surface area (Å²) in [4.78, 5) is 18.0. The molecule has 0 radical (unpaired) electrons. The smallest absolute Gasteiger partial charge is 0.209 e. The van der Waals surface area contributed by atoms with Crippen LogP contribution in [0.15, 0.2) is 16.3 Å². The Morgan fingerprint density at radius 2 is 1.92 bits per heavy atom. The van der Waals surface area contributed by atoms with E-state index in [2.05, 4.69) is 20.0 Å². The first kappa shape index (κ1) is 21.1. The number of imidazole rings is 1. The number of nitriles is 2. The summed E-state index contributed by atoms with van der Waals surface area (Å²) in [6, 6.07) is 0. The number of thioether (sulfide) groups is 1. The third-order valence-corrected chi connectivity index (χ3v) is 4.59. The Hall–Kier alpha value is -2.92. The first-order valence-electron chi connectivity index (χ1n) is 7.96. The number of hydrogen-bond donors (Lipinski definition) is 3. The van der Waals surface area contributed by atoms with Gasteiger partial charge in [0.05, 0.1) is 12.0 Å². The van der Waals surface area contributed by atoms with Gasteiger partial charge in [0, 0.05) is 43.9 Å². The second-order valence-corrected chi connectivity index (χ2v) is 6.53. The van der Waals surface area contributed by atoms with E-state index in [-0.39, 0.29) is 11.9 Å². The van der Waals surface area contributed by atoms with Crippen LogP contribution in [-0.4, -0.2) is 64.1 Å². The van der Waals surface area contributed by atoms with Crippen molar-refractivity contribution >= 4 is 23.7 Å². The number of aryl methyl sites for hydroxylation is 1. The van der Waals surface area contributed by atoms with E-state index < -0.39 is 0 Å². The van der Waals surface area contributed by atoms with Gasteiger partial charge < -0.3 is 26.3 Å². The highest BCUT2D eigenvalue weighted by atomic mass is 32.2. The fourth-order valence-electron chi connectivity index (χ4n) is 2.09. The summed E-state index contributed by atoms with van der Waals surface area (Å²) in [6.07, 6.45) is 5.79. The largest absolute Gasteiger partial charge is 0.369 e. The van der Waals surface area contributed by atoms with E-state index in [0.717, 1.165) is 29.3 Å². The zero-order valence-electron chi connectivity index (χ0n) is 15.0. The third kappa shape index (κ3) is 7.32. The summed E-state index contributed by atoms with van der Waals surface area (Å²) in [7, 11) is 1.76. The van der Waals surface area contributed by atoms with Crippen molar-refractivity contribution in [3.8, 4) is 12.4 Å². The lowest BCUT2D eigenvalue weighted by molar-refractivity contribution is 0.390. The number of aromatic nitrogens is 2. The maximum Gasteiger partial charge on any atom is 0.209 e. The molecule has 1 rings (SSSR count). The molecule has 26 heavy (non-hydrogen) atoms. The molecule has 0 saturated heterocycles. The van der Waals surface area contributed by atoms with E-state index in [1.807, 2.05) is 11.8 Å². The van der Waals surface area contributed by atoms with Gasteiger partial charge in [0.15, 0.2) is 0 Å². The summed E-state index contributed by atoms with van der Waals surface area (Å²) in [6.45, 7) is 3.87. The number of nitrogens with zero attached hydrogens (tertiary/aromatic N) is 7. The van der Waals surface area contributed by atoms with E-state index >= 15 is 0 Å². The molecule has 0 amide bonds. The number of nitrogens with one attached hydrogen (secondary N) is 1. The Labute approximate surface area is 157 Å². The molecular formula is C15H24N10S. The second kappa shape index (κ2) is 11.6. The molecule has 10 nitrogen and oxygen atoms in total. The molecular weight excluding hydrogens is 352 g/mol. The van der Waals surface area contributed by atoms with Crippen molar-refractivity contribution in [1.82, 2.24) is 19.8 Å². The molecule has 1 heterocycles. The Bertz CT molecular complexity index is 696. The zero-order chi connectivity index (χ0) is 19.4. The van der Waals surface area contributed by atoms with E-state index in [4.69, 9.17) is 22.0 Å². The maximum absolute atomic E-state index is 8.73. The highest BCUT2D eigenvalue weighted by Crippen LogP contribution is 2.12. The molecule has 1 aromatic heterocycles. The van der Waals surface area contributed by atoms with Crippen LogP contribution in [0.25, 0.3) is 0 Å². The van der Waals surface area contributed by atoms with Crippen molar-refractivity contribution in [2.24, 2.45) is 21.5 Å². The van der Waals surface area contributed by atoms with Gasteiger partial charge >= 0.3 is 0 Å². The number of aromatic amines is 1. The molecule has 11 heteroatoms. The first-order valence-corrected chi connectivity index (χ1v) is 9.12. The maximum atomic E-state index is 8.73. The SMILES string of the molecule is Cc1[nH]cnc1CSCCN(CCCN(C)C(N)=NC#N)C(N)=NC#N. The van der Waals surface area contributed by atoms with Gasteiger partial charge in [-0.25, -0.2) is 4.98 Å². The Kier molecular flexibility index (Phi) is 9.43. The van der Waals surface area contributed by atoms with Gasteiger partial charge in [-0.3, -0.25) is 0 Å². The van der Waals surface area contributed by atoms with Crippen molar-refractivity contribution in [1.29, 1.82) is 10.5 Å². The van der Waals surface area contributed by atoms with E-state index in [0.29, 0.717) is 19.6 Å². The van der Waals surface area contributed by atoms with Crippen LogP contribution in [0.2, 0.25) is 0 Å². The molecule has 0 saturated carbocycles. The van der Waals surface area contributed by atoms with Gasteiger partial charge in [-0.2, -0.15) is 22.3 Å². The molecule has 0 aromatic carbocycles. The van der Waals surface area contributed by atoms with Crippen LogP contribution >= 0.6 is 11.8 Å². The molecule has 0 aliphatic rings. The van der Waals surface area contributed by atoms with Gasteiger partial charge in [-0.1, -0.05) is 0 Å². The summed E-state index contributed by atoms with van der Waals surface area (Å²) in [5, 5.41) is 17.2. The summed E-state index contributed by atoms with van der Waals surface area (Å²) >= 11 is 1.74. The quantitative estimate of drug-likeness (QED) is 0.238. The minimum Gasteiger partial charge on any atom is -0.369 e. The van der Waals surface area contributed by atoms with Crippen molar-refractivity contribution in [3.63, 3.8) is 0 Å². The number of aliphatic imine (C=N–C) groups is 2. The summed E-state index contributed by atoms with van der Waals surface area (Å²) in [5.41, 5.74) is 13.6. The molecule has 1 aromatic rings. The van der Waals surface area contributed by atoms with Gasteiger partial charge in [0.2, 0.25) is 24.3 Å². The lowest BCUT2D eigenvalue weighted by Crippen LogP contribution is -2.41. The molecule has 0 aliphatic carbocycles. The highest BCUT2D eigenvalue weighted by molar-refractivity contribution is 7.98. The topological polar surface area (TPSA) is 160 Å². The predicted molar refractivity (Wildman–Crippen MR) is 103 cm³/mol. The molecule has 0 spiro atoms. The molecule has 5 N–H and O–H groups in total. The lowest BCUT2D eigenvalue weighted by atomic mass is 10.3. The second-order valence-electron chi connectivity index (χ2n) is 5.43. The fourth-order valence-corrected chi connectivity index (χ4v) is 3.07. The number of guanidine groups is 2. The van der Waals surface area contributed by atoms with E-state index in [1.165, 1.54) is 0 Å². The molecule has 0 bridgehead atoms. The molecule has 0 aliphatic heterocycles. The van der Waals surface area contributed by atoms with E-state index in [1.54, 1.807) is 42.4 Å². The number of H-pyrrole nitrogens is 1. The lowest BCUT2D eigenvalue weighted by Gasteiger charge is -2.24. The van der Waals surface area contributed by atoms with Crippen LogP contribution in [0.5, 0.6) is 0 Å². The highest BCUT2D eigenvalue weighted by Gasteiger charge is 2.10. The van der Waals surface area contributed by atoms with Crippen LogP contribution in [0.1, 0.15) is 17.8 Å². The van der Waals surface area contributed by atoms with Crippen LogP contribution in [-0.2, 0) is 5.75 Å². The molecule has 0 unspecified atom stereocenters. The van der Waals surface area contributed by atoms with Crippen molar-refractivity contribution in [3.05, 3.63) is 17.7 Å². The Balaban J connectivity index is 2.46. The molecule has 140 valence electrons. The average Bonchev–Trinajstić information content (AvgIpc) is 3.02. The standard InChI is InChI=1S/C15H24N10S/c1-12-13(23-11-22-12)8-26-7-6-25(15(19)21-10-17)5-3-4-24(2)14(18)20-9-16/h11H,3-8H2,1-2H3,(H2,18,20)(H2,19,21)(H,22,23). The minimum absolute atomic E-state index is 0.169. The van der Waals surface area contributed by atoms with Crippen molar-refractivity contribution < 1.29 is 0 Å². The third-order valence-electron chi connectivity index (χ3n) is 3.64. The Morgan fingerprint density at radius 1 is 1.23 bits per heavy atom. The van der Waals surface area contributed by atoms with Gasteiger partial charge in [-0.05, 0) is 13.3 Å². The number of nitrogens with two attached hydrogens (primary N) is 2.